The van der Waals surface area contributed by atoms with Crippen LogP contribution in [0.15, 0.2) is 18.3 Å². The number of anilines is 2. The number of nitrogens with zero attached hydrogens (tertiary/aromatic N) is 1. The van der Waals surface area contributed by atoms with Crippen LogP contribution in [0.2, 0.25) is 0 Å². The van der Waals surface area contributed by atoms with Crippen molar-refractivity contribution in [2.45, 2.75) is 18.9 Å². The minimum absolute atomic E-state index is 0.486. The zero-order valence-corrected chi connectivity index (χ0v) is 8.49. The van der Waals surface area contributed by atoms with Crippen LogP contribution in [0.5, 0.6) is 0 Å². The molecule has 5 heteroatoms. The third kappa shape index (κ3) is 2.83. The number of pyridine rings is 1. The number of rotatable bonds is 3. The summed E-state index contributed by atoms with van der Waals surface area (Å²) in [5.41, 5.74) is 0.628. The number of nitrogens with one attached hydrogen (secondary N) is 2. The average Bonchev–Trinajstić information content (AvgIpc) is 3.05. The standard InChI is InChI=1S/C10H13N3O2/c1-15-10(14)13-8-4-5-9(11-6-8)12-7-2-3-7/h4-7H,2-3H2,1H3,(H,11,12)(H,13,14). The predicted molar refractivity (Wildman–Crippen MR) is 56.9 cm³/mol. The van der Waals surface area contributed by atoms with Crippen LogP contribution in [0.4, 0.5) is 16.3 Å². The average molecular weight is 207 g/mol. The molecule has 1 saturated carbocycles. The van der Waals surface area contributed by atoms with Crippen molar-refractivity contribution in [2.75, 3.05) is 17.7 Å². The van der Waals surface area contributed by atoms with E-state index >= 15 is 0 Å². The molecule has 1 heterocycles. The normalized spacial score (nSPS) is 14.5. The summed E-state index contributed by atoms with van der Waals surface area (Å²) in [5.74, 6) is 0.841. The first-order chi connectivity index (χ1) is 7.28. The van der Waals surface area contributed by atoms with Crippen LogP contribution in [0, 0.1) is 0 Å². The van der Waals surface area contributed by atoms with E-state index in [0.717, 1.165) is 5.82 Å². The number of aromatic nitrogens is 1. The number of hydrogen-bond donors (Lipinski definition) is 2. The highest BCUT2D eigenvalue weighted by Gasteiger charge is 2.20. The zero-order valence-electron chi connectivity index (χ0n) is 8.49. The summed E-state index contributed by atoms with van der Waals surface area (Å²) >= 11 is 0. The summed E-state index contributed by atoms with van der Waals surface area (Å²) < 4.78 is 4.47. The molecule has 0 bridgehead atoms. The number of amides is 1. The third-order valence-electron chi connectivity index (χ3n) is 2.12. The van der Waals surface area contributed by atoms with Crippen LogP contribution in [0.1, 0.15) is 12.8 Å². The van der Waals surface area contributed by atoms with Gasteiger partial charge in [0.2, 0.25) is 0 Å². The van der Waals surface area contributed by atoms with Gasteiger partial charge in [0.25, 0.3) is 0 Å². The fraction of sp³-hybridized carbons (Fsp3) is 0.400. The summed E-state index contributed by atoms with van der Waals surface area (Å²) in [7, 11) is 1.33. The molecule has 0 unspecified atom stereocenters. The van der Waals surface area contributed by atoms with Gasteiger partial charge >= 0.3 is 6.09 Å². The lowest BCUT2D eigenvalue weighted by atomic mass is 10.4. The number of methoxy groups -OCH3 is 1. The van der Waals surface area contributed by atoms with E-state index in [-0.39, 0.29) is 0 Å². The van der Waals surface area contributed by atoms with Gasteiger partial charge in [0.1, 0.15) is 5.82 Å². The smallest absolute Gasteiger partial charge is 0.411 e. The maximum Gasteiger partial charge on any atom is 0.411 e. The minimum Gasteiger partial charge on any atom is -0.453 e. The molecule has 1 aliphatic rings. The molecule has 1 amide bonds. The fourth-order valence-electron chi connectivity index (χ4n) is 1.16. The molecule has 1 aromatic heterocycles. The Morgan fingerprint density at radius 1 is 1.53 bits per heavy atom. The summed E-state index contributed by atoms with van der Waals surface area (Å²) in [6.07, 6.45) is 3.54. The van der Waals surface area contributed by atoms with Gasteiger partial charge in [0, 0.05) is 6.04 Å². The molecule has 0 aromatic carbocycles. The Bertz CT molecular complexity index is 346. The van der Waals surface area contributed by atoms with E-state index in [1.807, 2.05) is 6.07 Å². The Balaban J connectivity index is 1.93. The minimum atomic E-state index is -0.486. The van der Waals surface area contributed by atoms with Gasteiger partial charge in [-0.1, -0.05) is 0 Å². The topological polar surface area (TPSA) is 63.2 Å². The predicted octanol–water partition coefficient (Wildman–Crippen LogP) is 1.83. The monoisotopic (exact) mass is 207 g/mol. The molecular weight excluding hydrogens is 194 g/mol. The number of hydrogen-bond acceptors (Lipinski definition) is 4. The van der Waals surface area contributed by atoms with Crippen LogP contribution in [0.3, 0.4) is 0 Å². The SMILES string of the molecule is COC(=O)Nc1ccc(NC2CC2)nc1. The Morgan fingerprint density at radius 3 is 2.87 bits per heavy atom. The maximum atomic E-state index is 10.9. The van der Waals surface area contributed by atoms with Crippen LogP contribution in [0.25, 0.3) is 0 Å². The van der Waals surface area contributed by atoms with Gasteiger partial charge in [-0.25, -0.2) is 9.78 Å². The Morgan fingerprint density at radius 2 is 2.33 bits per heavy atom. The first kappa shape index (κ1) is 9.76. The molecule has 5 nitrogen and oxygen atoms in total. The van der Waals surface area contributed by atoms with E-state index in [2.05, 4.69) is 20.4 Å². The molecule has 0 aliphatic heterocycles. The zero-order chi connectivity index (χ0) is 10.7. The molecule has 1 aliphatic carbocycles. The van der Waals surface area contributed by atoms with Gasteiger partial charge in [-0.3, -0.25) is 5.32 Å². The Hall–Kier alpha value is -1.78. The molecule has 1 fully saturated rings. The molecule has 0 saturated heterocycles. The van der Waals surface area contributed by atoms with Crippen molar-refractivity contribution < 1.29 is 9.53 Å². The second-order valence-electron chi connectivity index (χ2n) is 3.47. The number of ether oxygens (including phenoxy) is 1. The van der Waals surface area contributed by atoms with Crippen LogP contribution >= 0.6 is 0 Å². The second kappa shape index (κ2) is 4.16. The second-order valence-corrected chi connectivity index (χ2v) is 3.47. The summed E-state index contributed by atoms with van der Waals surface area (Å²) in [6.45, 7) is 0. The number of carbonyl (C=O) groups is 1. The van der Waals surface area contributed by atoms with Crippen molar-refractivity contribution in [2.24, 2.45) is 0 Å². The first-order valence-electron chi connectivity index (χ1n) is 4.85. The van der Waals surface area contributed by atoms with Crippen molar-refractivity contribution in [3.63, 3.8) is 0 Å². The molecule has 0 radical (unpaired) electrons. The van der Waals surface area contributed by atoms with Crippen molar-refractivity contribution in [3.05, 3.63) is 18.3 Å². The van der Waals surface area contributed by atoms with E-state index < -0.39 is 6.09 Å². The van der Waals surface area contributed by atoms with Crippen molar-refractivity contribution in [1.82, 2.24) is 4.98 Å². The molecule has 2 N–H and O–H groups in total. The molecule has 0 atom stereocenters. The highest BCUT2D eigenvalue weighted by atomic mass is 16.5. The first-order valence-corrected chi connectivity index (χ1v) is 4.85. The van der Waals surface area contributed by atoms with E-state index in [0.29, 0.717) is 11.7 Å². The lowest BCUT2D eigenvalue weighted by molar-refractivity contribution is 0.187. The summed E-state index contributed by atoms with van der Waals surface area (Å²) in [6, 6.07) is 4.20. The van der Waals surface area contributed by atoms with E-state index in [1.54, 1.807) is 12.3 Å². The molecular formula is C10H13N3O2. The number of carbonyl (C=O) groups excluding carboxylic acids is 1. The van der Waals surface area contributed by atoms with Crippen LogP contribution in [-0.4, -0.2) is 24.2 Å². The highest BCUT2D eigenvalue weighted by molar-refractivity contribution is 5.84. The molecule has 1 aromatic rings. The lowest BCUT2D eigenvalue weighted by Gasteiger charge is -2.05. The lowest BCUT2D eigenvalue weighted by Crippen LogP contribution is -2.11. The van der Waals surface area contributed by atoms with Crippen LogP contribution < -0.4 is 10.6 Å². The van der Waals surface area contributed by atoms with Gasteiger partial charge in [-0.2, -0.15) is 0 Å². The van der Waals surface area contributed by atoms with Crippen LogP contribution in [-0.2, 0) is 4.74 Å². The fourth-order valence-corrected chi connectivity index (χ4v) is 1.16. The molecule has 2 rings (SSSR count). The van der Waals surface area contributed by atoms with E-state index in [1.165, 1.54) is 20.0 Å². The third-order valence-corrected chi connectivity index (χ3v) is 2.12. The van der Waals surface area contributed by atoms with Gasteiger partial charge in [0.15, 0.2) is 0 Å². The summed E-state index contributed by atoms with van der Waals surface area (Å²) in [5, 5.41) is 5.79. The maximum absolute atomic E-state index is 10.9. The van der Waals surface area contributed by atoms with E-state index in [4.69, 9.17) is 0 Å². The quantitative estimate of drug-likeness (QED) is 0.793. The van der Waals surface area contributed by atoms with Crippen molar-refractivity contribution >= 4 is 17.6 Å². The molecule has 0 spiro atoms. The molecule has 80 valence electrons. The van der Waals surface area contributed by atoms with Gasteiger partial charge in [-0.05, 0) is 25.0 Å². The van der Waals surface area contributed by atoms with Crippen molar-refractivity contribution in [1.29, 1.82) is 0 Å². The summed E-state index contributed by atoms with van der Waals surface area (Å²) in [4.78, 5) is 15.0. The van der Waals surface area contributed by atoms with Gasteiger partial charge in [0.05, 0.1) is 19.0 Å². The molecule has 15 heavy (non-hydrogen) atoms. The van der Waals surface area contributed by atoms with Crippen molar-refractivity contribution in [3.8, 4) is 0 Å². The van der Waals surface area contributed by atoms with E-state index in [9.17, 15) is 4.79 Å². The Kier molecular flexibility index (Phi) is 2.71. The van der Waals surface area contributed by atoms with Gasteiger partial charge < -0.3 is 10.1 Å². The Labute approximate surface area is 87.8 Å². The highest BCUT2D eigenvalue weighted by Crippen LogP contribution is 2.23. The van der Waals surface area contributed by atoms with Gasteiger partial charge in [-0.15, -0.1) is 0 Å². The largest absolute Gasteiger partial charge is 0.453 e.